The summed E-state index contributed by atoms with van der Waals surface area (Å²) in [7, 11) is 0. The number of benzene rings is 3. The van der Waals surface area contributed by atoms with Crippen LogP contribution in [0.3, 0.4) is 0 Å². The number of fused-ring (bicyclic) bond motifs is 2. The number of nitrogens with one attached hydrogen (secondary N) is 1. The second kappa shape index (κ2) is 9.84. The van der Waals surface area contributed by atoms with E-state index in [0.717, 1.165) is 11.1 Å². The molecule has 1 aliphatic rings. The zero-order valence-corrected chi connectivity index (χ0v) is 21.7. The van der Waals surface area contributed by atoms with Crippen molar-refractivity contribution in [2.45, 2.75) is 13.0 Å². The molecule has 7 nitrogen and oxygen atoms in total. The molecule has 0 saturated heterocycles. The van der Waals surface area contributed by atoms with Gasteiger partial charge in [0, 0.05) is 12.2 Å². The molecule has 0 fully saturated rings. The number of carboxylic acid groups (broad SMARTS) is 1. The molecule has 2 heterocycles. The summed E-state index contributed by atoms with van der Waals surface area (Å²) in [6.07, 6.45) is 2.65. The van der Waals surface area contributed by atoms with Crippen molar-refractivity contribution in [3.63, 3.8) is 0 Å². The molecule has 4 aromatic rings. The molecule has 0 bridgehead atoms. The zero-order valence-electron chi connectivity index (χ0n) is 18.7. The molecule has 11 heteroatoms. The van der Waals surface area contributed by atoms with Crippen LogP contribution in [-0.4, -0.2) is 26.5 Å². The van der Waals surface area contributed by atoms with Crippen LogP contribution in [0.25, 0.3) is 22.6 Å². The Morgan fingerprint density at radius 1 is 0.946 bits per heavy atom. The van der Waals surface area contributed by atoms with Crippen LogP contribution < -0.4 is 10.9 Å². The minimum atomic E-state index is -1.50. The van der Waals surface area contributed by atoms with E-state index in [1.807, 2.05) is 36.4 Å². The van der Waals surface area contributed by atoms with E-state index in [2.05, 4.69) is 5.32 Å². The number of anilines is 1. The minimum absolute atomic E-state index is 0.193. The Balaban J connectivity index is 1.56. The molecular weight excluding hydrogens is 560 g/mol. The highest BCUT2D eigenvalue weighted by atomic mass is 35.5. The molecule has 37 heavy (non-hydrogen) atoms. The lowest BCUT2D eigenvalue weighted by Gasteiger charge is -2.14. The summed E-state index contributed by atoms with van der Waals surface area (Å²) < 4.78 is 1.63. The van der Waals surface area contributed by atoms with E-state index in [1.54, 1.807) is 10.6 Å². The van der Waals surface area contributed by atoms with Crippen molar-refractivity contribution in [2.24, 2.45) is 0 Å². The summed E-state index contributed by atoms with van der Waals surface area (Å²) in [5.41, 5.74) is 1.33. The number of allylic oxidation sites excluding steroid dienone is 1. The molecular formula is C26H15Cl4N3O4. The fourth-order valence-corrected chi connectivity index (χ4v) is 5.24. The maximum atomic E-state index is 13.1. The average Bonchev–Trinajstić information content (AvgIpc) is 3.27. The van der Waals surface area contributed by atoms with Gasteiger partial charge in [-0.3, -0.25) is 14.2 Å². The number of hydrogen-bond donors (Lipinski definition) is 2. The molecule has 0 radical (unpaired) electrons. The lowest BCUT2D eigenvalue weighted by Crippen LogP contribution is -2.21. The summed E-state index contributed by atoms with van der Waals surface area (Å²) >= 11 is 24.3. The molecule has 2 N–H and O–H groups in total. The quantitative estimate of drug-likeness (QED) is 0.204. The number of halogens is 4. The van der Waals surface area contributed by atoms with Gasteiger partial charge in [-0.15, -0.1) is 0 Å². The Labute approximate surface area is 229 Å². The largest absolute Gasteiger partial charge is 0.478 e. The number of carbonyl (C=O) groups is 2. The first-order chi connectivity index (χ1) is 17.7. The van der Waals surface area contributed by atoms with E-state index in [4.69, 9.17) is 51.4 Å². The molecule has 3 aromatic carbocycles. The van der Waals surface area contributed by atoms with Gasteiger partial charge >= 0.3 is 5.97 Å². The van der Waals surface area contributed by atoms with Gasteiger partial charge in [0.15, 0.2) is 0 Å². The average molecular weight is 575 g/mol. The number of rotatable bonds is 4. The molecule has 5 rings (SSSR count). The second-order valence-electron chi connectivity index (χ2n) is 8.22. The maximum Gasteiger partial charge on any atom is 0.338 e. The van der Waals surface area contributed by atoms with Crippen molar-refractivity contribution >= 4 is 86.5 Å². The van der Waals surface area contributed by atoms with Crippen LogP contribution in [0.5, 0.6) is 0 Å². The molecule has 0 atom stereocenters. The molecule has 0 saturated carbocycles. The lowest BCUT2D eigenvalue weighted by molar-refractivity contribution is 0.0692. The summed E-state index contributed by atoms with van der Waals surface area (Å²) in [5, 5.41) is 11.3. The Morgan fingerprint density at radius 2 is 1.62 bits per heavy atom. The fraction of sp³-hybridized carbons (Fsp3) is 0.0769. The SMILES string of the molecule is O=C(O)c1c(Cl)c(Cl)c(Cl)c(Cl)c1C(=O)Nc1ccc2c(=O)n3c(nc2c1)C(=Cc1ccccc1)CC3. The van der Waals surface area contributed by atoms with Crippen LogP contribution in [0.4, 0.5) is 5.69 Å². The van der Waals surface area contributed by atoms with Crippen molar-refractivity contribution in [2.75, 3.05) is 5.32 Å². The van der Waals surface area contributed by atoms with E-state index in [-0.39, 0.29) is 26.3 Å². The van der Waals surface area contributed by atoms with E-state index in [0.29, 0.717) is 29.7 Å². The van der Waals surface area contributed by atoms with E-state index in [1.165, 1.54) is 12.1 Å². The molecule has 0 unspecified atom stereocenters. The van der Waals surface area contributed by atoms with Crippen LogP contribution in [0.2, 0.25) is 20.1 Å². The molecule has 0 aliphatic carbocycles. The van der Waals surface area contributed by atoms with Gasteiger partial charge in [-0.2, -0.15) is 0 Å². The van der Waals surface area contributed by atoms with Gasteiger partial charge in [0.2, 0.25) is 0 Å². The third kappa shape index (κ3) is 4.49. The lowest BCUT2D eigenvalue weighted by atomic mass is 10.1. The van der Waals surface area contributed by atoms with Crippen LogP contribution in [0.15, 0.2) is 53.3 Å². The van der Waals surface area contributed by atoms with Crippen molar-refractivity contribution in [3.8, 4) is 0 Å². The van der Waals surface area contributed by atoms with Gasteiger partial charge in [-0.25, -0.2) is 9.78 Å². The highest BCUT2D eigenvalue weighted by Crippen LogP contribution is 2.42. The summed E-state index contributed by atoms with van der Waals surface area (Å²) in [4.78, 5) is 42.8. The smallest absolute Gasteiger partial charge is 0.338 e. The first-order valence-electron chi connectivity index (χ1n) is 10.9. The van der Waals surface area contributed by atoms with Gasteiger partial charge in [0.1, 0.15) is 5.82 Å². The minimum Gasteiger partial charge on any atom is -0.478 e. The molecule has 1 aliphatic heterocycles. The Hall–Kier alpha value is -3.36. The highest BCUT2D eigenvalue weighted by molar-refractivity contribution is 6.54. The van der Waals surface area contributed by atoms with Gasteiger partial charge in [-0.05, 0) is 41.8 Å². The van der Waals surface area contributed by atoms with Gasteiger partial charge in [0.05, 0.1) is 42.1 Å². The van der Waals surface area contributed by atoms with Crippen LogP contribution in [0, 0.1) is 0 Å². The van der Waals surface area contributed by atoms with E-state index in [9.17, 15) is 19.5 Å². The Bertz CT molecular complexity index is 1720. The number of amides is 1. The van der Waals surface area contributed by atoms with Crippen molar-refractivity contribution < 1.29 is 14.7 Å². The zero-order chi connectivity index (χ0) is 26.4. The standard InChI is InChI=1S/C26H15Cl4N3O4/c27-19-17(18(26(36)37)20(28)22(30)21(19)29)24(34)31-14-6-7-15-16(11-14)32-23-13(8-9-33(23)25(15)35)10-12-4-2-1-3-5-12/h1-7,10-11H,8-9H2,(H,31,34)(H,36,37). The predicted molar refractivity (Wildman–Crippen MR) is 146 cm³/mol. The third-order valence-electron chi connectivity index (χ3n) is 5.95. The first kappa shape index (κ1) is 25.3. The summed E-state index contributed by atoms with van der Waals surface area (Å²) in [6, 6.07) is 14.3. The molecule has 1 amide bonds. The normalized spacial score (nSPS) is 13.7. The van der Waals surface area contributed by atoms with E-state index >= 15 is 0 Å². The maximum absolute atomic E-state index is 13.1. The monoisotopic (exact) mass is 573 g/mol. The van der Waals surface area contributed by atoms with Crippen LogP contribution in [0.1, 0.15) is 38.5 Å². The summed E-state index contributed by atoms with van der Waals surface area (Å²) in [5.74, 6) is -1.82. The predicted octanol–water partition coefficient (Wildman–Crippen LogP) is 6.90. The Kier molecular flexibility index (Phi) is 6.72. The third-order valence-corrected chi connectivity index (χ3v) is 7.76. The number of aromatic carboxylic acids is 1. The molecule has 186 valence electrons. The second-order valence-corrected chi connectivity index (χ2v) is 9.73. The first-order valence-corrected chi connectivity index (χ1v) is 12.4. The summed E-state index contributed by atoms with van der Waals surface area (Å²) in [6.45, 7) is 0.517. The van der Waals surface area contributed by atoms with E-state index < -0.39 is 28.0 Å². The fourth-order valence-electron chi connectivity index (χ4n) is 4.22. The topological polar surface area (TPSA) is 101 Å². The van der Waals surface area contributed by atoms with Gasteiger partial charge in [0.25, 0.3) is 11.5 Å². The molecule has 1 aromatic heterocycles. The van der Waals surface area contributed by atoms with Crippen molar-refractivity contribution in [1.82, 2.24) is 9.55 Å². The Morgan fingerprint density at radius 3 is 2.30 bits per heavy atom. The number of aromatic nitrogens is 2. The highest BCUT2D eigenvalue weighted by Gasteiger charge is 2.29. The number of carboxylic acids is 1. The van der Waals surface area contributed by atoms with Gasteiger partial charge < -0.3 is 10.4 Å². The van der Waals surface area contributed by atoms with Crippen molar-refractivity contribution in [1.29, 1.82) is 0 Å². The number of nitrogens with zero attached hydrogens (tertiary/aromatic N) is 2. The van der Waals surface area contributed by atoms with Crippen molar-refractivity contribution in [3.05, 3.63) is 101 Å². The van der Waals surface area contributed by atoms with Gasteiger partial charge in [-0.1, -0.05) is 76.7 Å². The molecule has 0 spiro atoms. The van der Waals surface area contributed by atoms with Crippen LogP contribution in [-0.2, 0) is 6.54 Å². The number of carbonyl (C=O) groups excluding carboxylic acids is 1. The van der Waals surface area contributed by atoms with Crippen LogP contribution >= 0.6 is 46.4 Å². The number of hydrogen-bond acceptors (Lipinski definition) is 4.